The number of fused-ring (bicyclic) bond motifs is 2. The van der Waals surface area contributed by atoms with Crippen molar-refractivity contribution < 1.29 is 28.2 Å². The fourth-order valence-corrected chi connectivity index (χ4v) is 4.32. The number of aromatic nitrogens is 2. The van der Waals surface area contributed by atoms with Gasteiger partial charge in [-0.15, -0.1) is 0 Å². The zero-order valence-electron chi connectivity index (χ0n) is 21.1. The van der Waals surface area contributed by atoms with Crippen molar-refractivity contribution in [2.45, 2.75) is 0 Å². The van der Waals surface area contributed by atoms with Gasteiger partial charge < -0.3 is 23.4 Å². The number of carbonyl (C=O) groups excluding carboxylic acids is 1. The SMILES string of the molecule is COC(=O)COc1c(OC)cc(C=Nn2c(-c3cc4cc(Br)ccc4o3)nc3ccccc3c2=O)cc1OC. The third-order valence-electron chi connectivity index (χ3n) is 5.82. The Labute approximate surface area is 230 Å². The largest absolute Gasteiger partial charge is 0.493 e. The summed E-state index contributed by atoms with van der Waals surface area (Å²) in [5.41, 5.74) is 1.32. The molecule has 2 heterocycles. The van der Waals surface area contributed by atoms with E-state index in [1.807, 2.05) is 30.3 Å². The van der Waals surface area contributed by atoms with E-state index in [9.17, 15) is 9.59 Å². The van der Waals surface area contributed by atoms with Gasteiger partial charge in [0.25, 0.3) is 5.56 Å². The number of carbonyl (C=O) groups is 1. The van der Waals surface area contributed by atoms with E-state index in [2.05, 4.69) is 25.8 Å². The van der Waals surface area contributed by atoms with Crippen LogP contribution in [0.25, 0.3) is 33.5 Å². The molecule has 0 N–H and O–H groups in total. The molecule has 0 amide bonds. The number of ether oxygens (including phenoxy) is 4. The highest BCUT2D eigenvalue weighted by atomic mass is 79.9. The molecule has 10 nitrogen and oxygen atoms in total. The first-order valence-electron chi connectivity index (χ1n) is 11.6. The van der Waals surface area contributed by atoms with E-state index in [4.69, 9.17) is 23.6 Å². The summed E-state index contributed by atoms with van der Waals surface area (Å²) >= 11 is 3.47. The number of para-hydroxylation sites is 1. The molecule has 0 fully saturated rings. The Hall–Kier alpha value is -4.64. The van der Waals surface area contributed by atoms with Gasteiger partial charge in [0.2, 0.25) is 11.6 Å². The topological polar surface area (TPSA) is 114 Å². The molecule has 3 aromatic carbocycles. The van der Waals surface area contributed by atoms with Gasteiger partial charge >= 0.3 is 5.97 Å². The maximum Gasteiger partial charge on any atom is 0.343 e. The fraction of sp³-hybridized carbons (Fsp3) is 0.143. The summed E-state index contributed by atoms with van der Waals surface area (Å²) in [7, 11) is 4.18. The van der Waals surface area contributed by atoms with Gasteiger partial charge in [0.05, 0.1) is 38.4 Å². The molecule has 0 atom stereocenters. The van der Waals surface area contributed by atoms with Crippen molar-refractivity contribution in [3.63, 3.8) is 0 Å². The number of halogens is 1. The Morgan fingerprint density at radius 3 is 2.51 bits per heavy atom. The first-order valence-corrected chi connectivity index (χ1v) is 12.4. The average molecular weight is 592 g/mol. The molecule has 0 unspecified atom stereocenters. The molecule has 5 aromatic rings. The van der Waals surface area contributed by atoms with Crippen LogP contribution in [0.2, 0.25) is 0 Å². The molecular formula is C28H22BrN3O7. The first kappa shape index (κ1) is 26.0. The minimum atomic E-state index is -0.557. The summed E-state index contributed by atoms with van der Waals surface area (Å²) in [6.45, 7) is -0.327. The van der Waals surface area contributed by atoms with Crippen LogP contribution in [-0.4, -0.2) is 49.8 Å². The number of esters is 1. The summed E-state index contributed by atoms with van der Waals surface area (Å²) in [4.78, 5) is 29.8. The predicted octanol–water partition coefficient (Wildman–Crippen LogP) is 5.02. The van der Waals surface area contributed by atoms with Gasteiger partial charge in [-0.3, -0.25) is 4.79 Å². The van der Waals surface area contributed by atoms with Crippen LogP contribution in [0.15, 0.2) is 79.4 Å². The summed E-state index contributed by atoms with van der Waals surface area (Å²) in [6, 6.07) is 17.7. The van der Waals surface area contributed by atoms with Crippen molar-refractivity contribution in [2.24, 2.45) is 5.10 Å². The van der Waals surface area contributed by atoms with E-state index >= 15 is 0 Å². The quantitative estimate of drug-likeness (QED) is 0.182. The van der Waals surface area contributed by atoms with Gasteiger partial charge in [-0.1, -0.05) is 28.1 Å². The second-order valence-electron chi connectivity index (χ2n) is 8.23. The minimum absolute atomic E-state index is 0.223. The molecule has 0 aliphatic rings. The van der Waals surface area contributed by atoms with Gasteiger partial charge in [-0.05, 0) is 48.5 Å². The average Bonchev–Trinajstić information content (AvgIpc) is 3.38. The lowest BCUT2D eigenvalue weighted by atomic mass is 10.2. The molecule has 39 heavy (non-hydrogen) atoms. The smallest absolute Gasteiger partial charge is 0.343 e. The maximum absolute atomic E-state index is 13.5. The van der Waals surface area contributed by atoms with Crippen LogP contribution in [-0.2, 0) is 9.53 Å². The predicted molar refractivity (Wildman–Crippen MR) is 149 cm³/mol. The van der Waals surface area contributed by atoms with Crippen LogP contribution in [0.4, 0.5) is 0 Å². The summed E-state index contributed by atoms with van der Waals surface area (Å²) in [5, 5.41) is 5.72. The van der Waals surface area contributed by atoms with Crippen molar-refractivity contribution in [3.8, 4) is 28.8 Å². The van der Waals surface area contributed by atoms with Crippen LogP contribution in [0.3, 0.4) is 0 Å². The highest BCUT2D eigenvalue weighted by Gasteiger charge is 2.18. The molecule has 0 spiro atoms. The molecule has 2 aromatic heterocycles. The Morgan fingerprint density at radius 2 is 1.79 bits per heavy atom. The van der Waals surface area contributed by atoms with Crippen LogP contribution < -0.4 is 19.8 Å². The van der Waals surface area contributed by atoms with Gasteiger partial charge in [0.1, 0.15) is 5.58 Å². The molecule has 11 heteroatoms. The summed E-state index contributed by atoms with van der Waals surface area (Å²) < 4.78 is 29.2. The monoisotopic (exact) mass is 591 g/mol. The fourth-order valence-electron chi connectivity index (χ4n) is 3.95. The number of furan rings is 1. The molecule has 0 bridgehead atoms. The number of rotatable bonds is 8. The van der Waals surface area contributed by atoms with Crippen LogP contribution >= 0.6 is 15.9 Å². The number of benzene rings is 3. The van der Waals surface area contributed by atoms with E-state index in [1.54, 1.807) is 30.3 Å². The van der Waals surface area contributed by atoms with Crippen molar-refractivity contribution in [2.75, 3.05) is 27.9 Å². The Kier molecular flexibility index (Phi) is 7.33. The van der Waals surface area contributed by atoms with Crippen LogP contribution in [0.5, 0.6) is 17.2 Å². The highest BCUT2D eigenvalue weighted by molar-refractivity contribution is 9.10. The van der Waals surface area contributed by atoms with Crippen molar-refractivity contribution in [3.05, 3.63) is 81.1 Å². The number of hydrogen-bond acceptors (Lipinski definition) is 9. The van der Waals surface area contributed by atoms with E-state index in [0.29, 0.717) is 39.3 Å². The first-order chi connectivity index (χ1) is 18.9. The zero-order valence-corrected chi connectivity index (χ0v) is 22.7. The van der Waals surface area contributed by atoms with Crippen LogP contribution in [0.1, 0.15) is 5.56 Å². The van der Waals surface area contributed by atoms with E-state index in [-0.39, 0.29) is 23.7 Å². The molecule has 5 rings (SSSR count). The molecule has 198 valence electrons. The van der Waals surface area contributed by atoms with Crippen molar-refractivity contribution >= 4 is 50.0 Å². The Balaban J connectivity index is 1.62. The summed E-state index contributed by atoms with van der Waals surface area (Å²) in [6.07, 6.45) is 1.47. The lowest BCUT2D eigenvalue weighted by Gasteiger charge is -2.14. The molecule has 0 saturated heterocycles. The number of hydrogen-bond donors (Lipinski definition) is 0. The highest BCUT2D eigenvalue weighted by Crippen LogP contribution is 2.38. The number of nitrogens with zero attached hydrogens (tertiary/aromatic N) is 3. The van der Waals surface area contributed by atoms with E-state index < -0.39 is 5.97 Å². The molecule has 0 radical (unpaired) electrons. The van der Waals surface area contributed by atoms with Gasteiger partial charge in [-0.2, -0.15) is 9.78 Å². The maximum atomic E-state index is 13.5. The standard InChI is InChI=1S/C28H22BrN3O7/c1-35-22-10-16(11-23(36-2)26(22)38-15-25(33)37-3)14-30-32-27(31-20-7-5-4-6-19(20)28(32)34)24-13-17-12-18(29)8-9-21(17)39-24/h4-14H,15H2,1-3H3. The third kappa shape index (κ3) is 5.21. The van der Waals surface area contributed by atoms with Crippen molar-refractivity contribution in [1.29, 1.82) is 0 Å². The molecule has 0 aliphatic carbocycles. The van der Waals surface area contributed by atoms with Crippen LogP contribution in [0, 0.1) is 0 Å². The zero-order chi connectivity index (χ0) is 27.5. The second kappa shape index (κ2) is 11.0. The van der Waals surface area contributed by atoms with Crippen molar-refractivity contribution in [1.82, 2.24) is 9.66 Å². The Morgan fingerprint density at radius 1 is 1.05 bits per heavy atom. The lowest BCUT2D eigenvalue weighted by Crippen LogP contribution is -2.20. The summed E-state index contributed by atoms with van der Waals surface area (Å²) in [5.74, 6) is 0.877. The van der Waals surface area contributed by atoms with Gasteiger partial charge in [0, 0.05) is 15.4 Å². The van der Waals surface area contributed by atoms with E-state index in [1.165, 1.54) is 32.2 Å². The molecular weight excluding hydrogens is 570 g/mol. The second-order valence-corrected chi connectivity index (χ2v) is 9.14. The number of methoxy groups -OCH3 is 3. The lowest BCUT2D eigenvalue weighted by molar-refractivity contribution is -0.142. The third-order valence-corrected chi connectivity index (χ3v) is 6.31. The Bertz CT molecular complexity index is 1770. The molecule has 0 aliphatic heterocycles. The van der Waals surface area contributed by atoms with Gasteiger partial charge in [0.15, 0.2) is 23.9 Å². The van der Waals surface area contributed by atoms with E-state index in [0.717, 1.165) is 9.86 Å². The normalized spacial score (nSPS) is 11.3. The van der Waals surface area contributed by atoms with Gasteiger partial charge in [-0.25, -0.2) is 9.78 Å². The molecule has 0 saturated carbocycles. The minimum Gasteiger partial charge on any atom is -0.493 e.